The van der Waals surface area contributed by atoms with Crippen molar-refractivity contribution in [3.63, 3.8) is 0 Å². The number of hydrogen-bond acceptors (Lipinski definition) is 7. The molecule has 1 aliphatic heterocycles. The summed E-state index contributed by atoms with van der Waals surface area (Å²) in [6.45, 7) is 4.52. The van der Waals surface area contributed by atoms with E-state index < -0.39 is 0 Å². The lowest BCUT2D eigenvalue weighted by Gasteiger charge is -2.22. The summed E-state index contributed by atoms with van der Waals surface area (Å²) < 4.78 is 0. The Bertz CT molecular complexity index is 1710. The van der Waals surface area contributed by atoms with Crippen LogP contribution in [0.1, 0.15) is 17.8 Å². The molecule has 6 rings (SSSR count). The van der Waals surface area contributed by atoms with Gasteiger partial charge in [-0.1, -0.05) is 54.6 Å². The molecule has 0 bridgehead atoms. The molecule has 1 aliphatic rings. The molecule has 0 spiro atoms. The molecule has 1 N–H and O–H groups in total. The van der Waals surface area contributed by atoms with Crippen LogP contribution in [0.2, 0.25) is 0 Å². The fraction of sp³-hybridized carbons (Fsp3) is 0.194. The molecule has 0 unspecified atom stereocenters. The minimum Gasteiger partial charge on any atom is -0.355 e. The second kappa shape index (κ2) is 10.9. The smallest absolute Gasteiger partial charge is 0.248 e. The molecule has 8 nitrogen and oxygen atoms in total. The van der Waals surface area contributed by atoms with Gasteiger partial charge in [-0.2, -0.15) is 5.26 Å². The Hall–Kier alpha value is -4.87. The van der Waals surface area contributed by atoms with Crippen LogP contribution in [0.5, 0.6) is 0 Å². The number of nitrogens with zero attached hydrogens (tertiary/aromatic N) is 6. The third-order valence-electron chi connectivity index (χ3n) is 7.07. The van der Waals surface area contributed by atoms with Gasteiger partial charge < -0.3 is 9.88 Å². The topological polar surface area (TPSA) is 102 Å². The second-order valence-corrected chi connectivity index (χ2v) is 9.67. The van der Waals surface area contributed by atoms with Crippen molar-refractivity contribution in [2.75, 3.05) is 31.1 Å². The van der Waals surface area contributed by atoms with Crippen LogP contribution in [0.4, 0.5) is 5.82 Å². The third kappa shape index (κ3) is 5.40. The van der Waals surface area contributed by atoms with Crippen LogP contribution in [0, 0.1) is 11.3 Å². The van der Waals surface area contributed by atoms with E-state index in [0.29, 0.717) is 0 Å². The van der Waals surface area contributed by atoms with E-state index in [0.717, 1.165) is 78.4 Å². The highest BCUT2D eigenvalue weighted by Gasteiger charge is 2.17. The number of nitriles is 1. The molecule has 0 saturated carbocycles. The Kier molecular flexibility index (Phi) is 6.81. The van der Waals surface area contributed by atoms with E-state index in [1.165, 1.54) is 11.6 Å². The zero-order valence-electron chi connectivity index (χ0n) is 21.4. The first-order valence-corrected chi connectivity index (χ1v) is 13.1. The maximum atomic E-state index is 11.9. The molecule has 0 aliphatic carbocycles. The number of aromatic nitrogens is 4. The normalized spacial score (nSPS) is 14.2. The van der Waals surface area contributed by atoms with Crippen molar-refractivity contribution in [3.8, 4) is 28.5 Å². The number of anilines is 1. The van der Waals surface area contributed by atoms with Crippen LogP contribution in [0.3, 0.4) is 0 Å². The molecule has 192 valence electrons. The second-order valence-electron chi connectivity index (χ2n) is 9.67. The minimum absolute atomic E-state index is 0.138. The molecule has 1 fully saturated rings. The monoisotopic (exact) mass is 513 g/mol. The van der Waals surface area contributed by atoms with Gasteiger partial charge in [0.1, 0.15) is 11.9 Å². The first kappa shape index (κ1) is 24.5. The Morgan fingerprint density at radius 1 is 0.872 bits per heavy atom. The number of nitrogens with one attached hydrogen (secondary N) is 1. The predicted octanol–water partition coefficient (Wildman–Crippen LogP) is 4.63. The lowest BCUT2D eigenvalue weighted by Crippen LogP contribution is -2.31. The third-order valence-corrected chi connectivity index (χ3v) is 7.07. The Labute approximate surface area is 226 Å². The van der Waals surface area contributed by atoms with Gasteiger partial charge in [-0.25, -0.2) is 15.0 Å². The molecule has 0 radical (unpaired) electrons. The number of rotatable bonds is 5. The van der Waals surface area contributed by atoms with Crippen molar-refractivity contribution in [2.45, 2.75) is 13.0 Å². The Morgan fingerprint density at radius 2 is 1.72 bits per heavy atom. The summed E-state index contributed by atoms with van der Waals surface area (Å²) in [6.07, 6.45) is 2.67. The summed E-state index contributed by atoms with van der Waals surface area (Å²) in [5.41, 5.74) is 6.54. The maximum absolute atomic E-state index is 11.9. The molecule has 3 aromatic heterocycles. The summed E-state index contributed by atoms with van der Waals surface area (Å²) in [5, 5.41) is 9.13. The first-order chi connectivity index (χ1) is 19.2. The molecule has 5 aromatic rings. The number of benzene rings is 2. The van der Waals surface area contributed by atoms with Crippen molar-refractivity contribution in [3.05, 3.63) is 107 Å². The van der Waals surface area contributed by atoms with Crippen LogP contribution in [0.15, 0.2) is 89.9 Å². The highest BCUT2D eigenvalue weighted by atomic mass is 16.1. The predicted molar refractivity (Wildman–Crippen MR) is 152 cm³/mol. The minimum atomic E-state index is -0.138. The molecule has 0 amide bonds. The number of H-pyrrole nitrogens is 1. The molecular formula is C31H27N7O. The number of pyridine rings is 2. The van der Waals surface area contributed by atoms with Gasteiger partial charge in [-0.05, 0) is 35.7 Å². The van der Waals surface area contributed by atoms with E-state index in [1.54, 1.807) is 12.3 Å². The molecular weight excluding hydrogens is 486 g/mol. The van der Waals surface area contributed by atoms with Gasteiger partial charge in [0.25, 0.3) is 0 Å². The van der Waals surface area contributed by atoms with Crippen LogP contribution in [0.25, 0.3) is 33.4 Å². The summed E-state index contributed by atoms with van der Waals surface area (Å²) in [6, 6.07) is 28.0. The van der Waals surface area contributed by atoms with E-state index in [1.807, 2.05) is 36.4 Å². The Balaban J connectivity index is 1.22. The molecule has 39 heavy (non-hydrogen) atoms. The van der Waals surface area contributed by atoms with Crippen molar-refractivity contribution in [1.82, 2.24) is 24.8 Å². The lowest BCUT2D eigenvalue weighted by molar-refractivity contribution is 0.285. The van der Waals surface area contributed by atoms with Crippen LogP contribution < -0.4 is 10.5 Å². The fourth-order valence-corrected chi connectivity index (χ4v) is 5.11. The Morgan fingerprint density at radius 3 is 2.54 bits per heavy atom. The molecule has 2 aromatic carbocycles. The zero-order chi connectivity index (χ0) is 26.6. The number of aromatic amines is 1. The average molecular weight is 514 g/mol. The van der Waals surface area contributed by atoms with Gasteiger partial charge in [0.15, 0.2) is 0 Å². The maximum Gasteiger partial charge on any atom is 0.248 e. The van der Waals surface area contributed by atoms with Crippen LogP contribution in [-0.4, -0.2) is 51.0 Å². The SMILES string of the molecule is N#Cc1nccc(N2CCCN(Cc3ccc(-c4nc5ccc(=O)[nH]c5cc4-c4ccccc4)cc3)CC2)n1. The summed E-state index contributed by atoms with van der Waals surface area (Å²) in [5.74, 6) is 1.02. The highest BCUT2D eigenvalue weighted by Crippen LogP contribution is 2.33. The van der Waals surface area contributed by atoms with E-state index in [-0.39, 0.29) is 11.4 Å². The number of hydrogen-bond donors (Lipinski definition) is 1. The van der Waals surface area contributed by atoms with Gasteiger partial charge in [-0.3, -0.25) is 9.69 Å². The lowest BCUT2D eigenvalue weighted by atomic mass is 9.98. The standard InChI is InChI=1S/C31H27N7O/c32-20-28-33-14-13-29(36-28)38-16-4-15-37(17-18-38)21-22-7-9-24(10-8-22)31-25(23-5-2-1-3-6-23)19-27-26(35-31)11-12-30(39)34-27/h1-3,5-14,19H,4,15-18,21H2,(H,34,39). The highest BCUT2D eigenvalue weighted by molar-refractivity contribution is 5.89. The summed E-state index contributed by atoms with van der Waals surface area (Å²) in [7, 11) is 0. The first-order valence-electron chi connectivity index (χ1n) is 13.1. The summed E-state index contributed by atoms with van der Waals surface area (Å²) >= 11 is 0. The van der Waals surface area contributed by atoms with Crippen molar-refractivity contribution in [2.24, 2.45) is 0 Å². The van der Waals surface area contributed by atoms with Crippen molar-refractivity contribution < 1.29 is 0 Å². The van der Waals surface area contributed by atoms with E-state index in [9.17, 15) is 4.79 Å². The largest absolute Gasteiger partial charge is 0.355 e. The van der Waals surface area contributed by atoms with Crippen molar-refractivity contribution in [1.29, 1.82) is 5.26 Å². The van der Waals surface area contributed by atoms with E-state index >= 15 is 0 Å². The molecule has 8 heteroatoms. The molecule has 0 atom stereocenters. The summed E-state index contributed by atoms with van der Waals surface area (Å²) in [4.78, 5) is 32.8. The van der Waals surface area contributed by atoms with E-state index in [2.05, 4.69) is 61.1 Å². The van der Waals surface area contributed by atoms with Crippen molar-refractivity contribution >= 4 is 16.9 Å². The zero-order valence-corrected chi connectivity index (χ0v) is 21.4. The van der Waals surface area contributed by atoms with Gasteiger partial charge in [0.2, 0.25) is 11.4 Å². The average Bonchev–Trinajstić information content (AvgIpc) is 3.23. The fourth-order valence-electron chi connectivity index (χ4n) is 5.11. The molecule has 4 heterocycles. The van der Waals surface area contributed by atoms with Gasteiger partial charge in [-0.15, -0.1) is 0 Å². The quantitative estimate of drug-likeness (QED) is 0.366. The number of fused-ring (bicyclic) bond motifs is 1. The van der Waals surface area contributed by atoms with Crippen LogP contribution in [-0.2, 0) is 6.54 Å². The van der Waals surface area contributed by atoms with Gasteiger partial charge in [0, 0.05) is 56.1 Å². The molecule has 1 saturated heterocycles. The van der Waals surface area contributed by atoms with Gasteiger partial charge >= 0.3 is 0 Å². The van der Waals surface area contributed by atoms with Crippen LogP contribution >= 0.6 is 0 Å². The van der Waals surface area contributed by atoms with E-state index in [4.69, 9.17) is 10.2 Å². The van der Waals surface area contributed by atoms with Gasteiger partial charge in [0.05, 0.1) is 16.7 Å².